The number of rotatable bonds is 3. The average molecular weight is 276 g/mol. The Morgan fingerprint density at radius 3 is 2.75 bits per heavy atom. The Morgan fingerprint density at radius 1 is 1.45 bits per heavy atom. The second-order valence-electron chi connectivity index (χ2n) is 5.87. The van der Waals surface area contributed by atoms with Crippen LogP contribution in [0.4, 0.5) is 4.79 Å². The SMILES string of the molecule is CC1CCCC(CN)(N(C)C(=O)Oc2ccccc2)C1. The number of ether oxygens (including phenoxy) is 1. The van der Waals surface area contributed by atoms with Gasteiger partial charge in [0.1, 0.15) is 5.75 Å². The summed E-state index contributed by atoms with van der Waals surface area (Å²) >= 11 is 0. The summed E-state index contributed by atoms with van der Waals surface area (Å²) in [6.07, 6.45) is 3.90. The minimum Gasteiger partial charge on any atom is -0.410 e. The van der Waals surface area contributed by atoms with Gasteiger partial charge in [-0.1, -0.05) is 38.0 Å². The highest BCUT2D eigenvalue weighted by molar-refractivity contribution is 5.71. The first-order chi connectivity index (χ1) is 9.57. The second-order valence-corrected chi connectivity index (χ2v) is 5.87. The third-order valence-electron chi connectivity index (χ3n) is 4.38. The zero-order valence-corrected chi connectivity index (χ0v) is 12.3. The molecule has 110 valence electrons. The molecule has 0 saturated heterocycles. The molecule has 1 saturated carbocycles. The maximum absolute atomic E-state index is 12.3. The molecule has 1 aromatic rings. The van der Waals surface area contributed by atoms with Gasteiger partial charge in [-0.25, -0.2) is 4.79 Å². The molecule has 1 aliphatic carbocycles. The summed E-state index contributed by atoms with van der Waals surface area (Å²) in [6, 6.07) is 9.16. The van der Waals surface area contributed by atoms with Crippen LogP contribution < -0.4 is 10.5 Å². The van der Waals surface area contributed by atoms with Crippen molar-refractivity contribution in [1.82, 2.24) is 4.90 Å². The maximum atomic E-state index is 12.3. The van der Waals surface area contributed by atoms with Crippen LogP contribution in [-0.4, -0.2) is 30.1 Å². The predicted octanol–water partition coefficient (Wildman–Crippen LogP) is 3.02. The lowest BCUT2D eigenvalue weighted by molar-refractivity contribution is 0.0624. The number of carbonyl (C=O) groups is 1. The lowest BCUT2D eigenvalue weighted by Crippen LogP contribution is -2.57. The Hall–Kier alpha value is -1.55. The number of amides is 1. The number of nitrogens with two attached hydrogens (primary N) is 1. The van der Waals surface area contributed by atoms with E-state index in [9.17, 15) is 4.79 Å². The van der Waals surface area contributed by atoms with Gasteiger partial charge < -0.3 is 15.4 Å². The van der Waals surface area contributed by atoms with Gasteiger partial charge in [-0.15, -0.1) is 0 Å². The fourth-order valence-corrected chi connectivity index (χ4v) is 3.11. The first-order valence-electron chi connectivity index (χ1n) is 7.28. The third-order valence-corrected chi connectivity index (χ3v) is 4.38. The summed E-state index contributed by atoms with van der Waals surface area (Å²) in [7, 11) is 1.80. The van der Waals surface area contributed by atoms with E-state index in [2.05, 4.69) is 6.92 Å². The van der Waals surface area contributed by atoms with E-state index in [0.717, 1.165) is 19.3 Å². The fraction of sp³-hybridized carbons (Fsp3) is 0.562. The van der Waals surface area contributed by atoms with Crippen molar-refractivity contribution in [2.24, 2.45) is 11.7 Å². The molecule has 4 nitrogen and oxygen atoms in total. The molecule has 2 N–H and O–H groups in total. The molecule has 2 rings (SSSR count). The molecule has 0 bridgehead atoms. The van der Waals surface area contributed by atoms with E-state index >= 15 is 0 Å². The molecule has 2 unspecified atom stereocenters. The van der Waals surface area contributed by atoms with Crippen LogP contribution in [0.2, 0.25) is 0 Å². The Bertz CT molecular complexity index is 449. The molecule has 0 heterocycles. The minimum atomic E-state index is -0.323. The lowest BCUT2D eigenvalue weighted by atomic mass is 9.75. The lowest BCUT2D eigenvalue weighted by Gasteiger charge is -2.45. The molecule has 0 aromatic heterocycles. The fourth-order valence-electron chi connectivity index (χ4n) is 3.11. The molecule has 0 spiro atoms. The van der Waals surface area contributed by atoms with Gasteiger partial charge >= 0.3 is 6.09 Å². The van der Waals surface area contributed by atoms with E-state index in [1.807, 2.05) is 18.2 Å². The molecule has 20 heavy (non-hydrogen) atoms. The van der Waals surface area contributed by atoms with Crippen LogP contribution in [0, 0.1) is 5.92 Å². The molecule has 0 radical (unpaired) electrons. The molecule has 1 aromatic carbocycles. The predicted molar refractivity (Wildman–Crippen MR) is 79.6 cm³/mol. The van der Waals surface area contributed by atoms with E-state index in [1.54, 1.807) is 24.1 Å². The van der Waals surface area contributed by atoms with Crippen molar-refractivity contribution >= 4 is 6.09 Å². The Labute approximate surface area is 120 Å². The van der Waals surface area contributed by atoms with Crippen LogP contribution >= 0.6 is 0 Å². The summed E-state index contributed by atoms with van der Waals surface area (Å²) in [6.45, 7) is 2.71. The molecule has 1 fully saturated rings. The molecule has 1 amide bonds. The third kappa shape index (κ3) is 3.12. The number of carbonyl (C=O) groups excluding carboxylic acids is 1. The van der Waals surface area contributed by atoms with E-state index in [-0.39, 0.29) is 11.6 Å². The highest BCUT2D eigenvalue weighted by Gasteiger charge is 2.40. The summed E-state index contributed by atoms with van der Waals surface area (Å²) < 4.78 is 5.42. The van der Waals surface area contributed by atoms with Gasteiger partial charge in [0.2, 0.25) is 0 Å². The molecule has 0 aliphatic heterocycles. The average Bonchev–Trinajstić information content (AvgIpc) is 2.47. The number of hydrogen-bond acceptors (Lipinski definition) is 3. The van der Waals surface area contributed by atoms with Crippen LogP contribution in [0.1, 0.15) is 32.6 Å². The van der Waals surface area contributed by atoms with E-state index in [0.29, 0.717) is 18.2 Å². The van der Waals surface area contributed by atoms with Crippen molar-refractivity contribution < 1.29 is 9.53 Å². The number of para-hydroxylation sites is 1. The molecular formula is C16H24N2O2. The number of nitrogens with zero attached hydrogens (tertiary/aromatic N) is 1. The van der Waals surface area contributed by atoms with Gasteiger partial charge in [0.05, 0.1) is 5.54 Å². The molecular weight excluding hydrogens is 252 g/mol. The van der Waals surface area contributed by atoms with Gasteiger partial charge in [-0.3, -0.25) is 0 Å². The van der Waals surface area contributed by atoms with Gasteiger partial charge in [-0.2, -0.15) is 0 Å². The van der Waals surface area contributed by atoms with Crippen LogP contribution in [0.3, 0.4) is 0 Å². The highest BCUT2D eigenvalue weighted by atomic mass is 16.6. The smallest absolute Gasteiger partial charge is 0.410 e. The van der Waals surface area contributed by atoms with E-state index in [4.69, 9.17) is 10.5 Å². The number of hydrogen-bond donors (Lipinski definition) is 1. The van der Waals surface area contributed by atoms with Crippen molar-refractivity contribution in [3.8, 4) is 5.75 Å². The van der Waals surface area contributed by atoms with Crippen molar-refractivity contribution in [3.63, 3.8) is 0 Å². The second kappa shape index (κ2) is 6.27. The Morgan fingerprint density at radius 2 is 2.15 bits per heavy atom. The first-order valence-corrected chi connectivity index (χ1v) is 7.28. The van der Waals surface area contributed by atoms with Crippen LogP contribution in [0.5, 0.6) is 5.75 Å². The topological polar surface area (TPSA) is 55.6 Å². The quantitative estimate of drug-likeness (QED) is 0.923. The summed E-state index contributed by atoms with van der Waals surface area (Å²) in [5.41, 5.74) is 5.72. The van der Waals surface area contributed by atoms with Crippen molar-refractivity contribution in [2.75, 3.05) is 13.6 Å². The largest absolute Gasteiger partial charge is 0.415 e. The van der Waals surface area contributed by atoms with E-state index in [1.165, 1.54) is 6.42 Å². The van der Waals surface area contributed by atoms with Crippen LogP contribution in [0.15, 0.2) is 30.3 Å². The zero-order chi connectivity index (χ0) is 14.6. The van der Waals surface area contributed by atoms with Gasteiger partial charge in [0.25, 0.3) is 0 Å². The zero-order valence-electron chi connectivity index (χ0n) is 12.3. The van der Waals surface area contributed by atoms with Gasteiger partial charge in [0, 0.05) is 13.6 Å². The van der Waals surface area contributed by atoms with Crippen LogP contribution in [0.25, 0.3) is 0 Å². The maximum Gasteiger partial charge on any atom is 0.415 e. The van der Waals surface area contributed by atoms with E-state index < -0.39 is 0 Å². The number of benzene rings is 1. The van der Waals surface area contributed by atoms with Gasteiger partial charge in [0.15, 0.2) is 0 Å². The summed E-state index contributed by atoms with van der Waals surface area (Å²) in [4.78, 5) is 14.0. The Balaban J connectivity index is 2.08. The van der Waals surface area contributed by atoms with Crippen molar-refractivity contribution in [1.29, 1.82) is 0 Å². The standard InChI is InChI=1S/C16H24N2O2/c1-13-7-6-10-16(11-13,12-17)18(2)15(19)20-14-8-4-3-5-9-14/h3-5,8-9,13H,6-7,10-12,17H2,1-2H3. The Kier molecular flexibility index (Phi) is 4.65. The van der Waals surface area contributed by atoms with Crippen molar-refractivity contribution in [2.45, 2.75) is 38.1 Å². The molecule has 4 heteroatoms. The normalized spacial score (nSPS) is 26.1. The monoisotopic (exact) mass is 276 g/mol. The summed E-state index contributed by atoms with van der Waals surface area (Å²) in [5, 5.41) is 0. The highest BCUT2D eigenvalue weighted by Crippen LogP contribution is 2.35. The molecule has 2 atom stereocenters. The van der Waals surface area contributed by atoms with Crippen LogP contribution in [-0.2, 0) is 0 Å². The molecule has 1 aliphatic rings. The summed E-state index contributed by atoms with van der Waals surface area (Å²) in [5.74, 6) is 1.17. The van der Waals surface area contributed by atoms with Gasteiger partial charge in [-0.05, 0) is 30.9 Å². The first kappa shape index (κ1) is 14.9. The number of likely N-dealkylation sites (N-methyl/N-ethyl adjacent to an activating group) is 1. The van der Waals surface area contributed by atoms with Crippen molar-refractivity contribution in [3.05, 3.63) is 30.3 Å². The minimum absolute atomic E-state index is 0.260.